The van der Waals surface area contributed by atoms with Crippen LogP contribution >= 0.6 is 0 Å². The van der Waals surface area contributed by atoms with Gasteiger partial charge < -0.3 is 15.5 Å². The van der Waals surface area contributed by atoms with Crippen molar-refractivity contribution in [1.29, 1.82) is 0 Å². The maximum absolute atomic E-state index is 9.20. The predicted molar refractivity (Wildman–Crippen MR) is 50.0 cm³/mol. The van der Waals surface area contributed by atoms with Crippen LogP contribution in [0, 0.1) is 5.92 Å². The van der Waals surface area contributed by atoms with E-state index in [1.54, 1.807) is 0 Å². The van der Waals surface area contributed by atoms with E-state index in [0.717, 1.165) is 25.9 Å². The van der Waals surface area contributed by atoms with Crippen LogP contribution in [0.1, 0.15) is 26.7 Å². The molecule has 1 fully saturated rings. The molecule has 0 aromatic rings. The van der Waals surface area contributed by atoms with Crippen LogP contribution < -0.4 is 5.32 Å². The molecule has 0 saturated carbocycles. The fraction of sp³-hybridized carbons (Fsp3) is 1.00. The molecule has 0 bridgehead atoms. The van der Waals surface area contributed by atoms with Crippen LogP contribution in [0.4, 0.5) is 0 Å². The van der Waals surface area contributed by atoms with Gasteiger partial charge in [0.05, 0.1) is 12.7 Å². The Morgan fingerprint density at radius 1 is 1.33 bits per heavy atom. The van der Waals surface area contributed by atoms with Gasteiger partial charge in [-0.2, -0.15) is 0 Å². The summed E-state index contributed by atoms with van der Waals surface area (Å²) in [5, 5.41) is 21.0. The van der Waals surface area contributed by atoms with Gasteiger partial charge in [-0.15, -0.1) is 0 Å². The van der Waals surface area contributed by atoms with E-state index >= 15 is 0 Å². The van der Waals surface area contributed by atoms with E-state index < -0.39 is 6.10 Å². The molecule has 1 heterocycles. The lowest BCUT2D eigenvalue weighted by Gasteiger charge is -2.25. The molecule has 1 saturated heterocycles. The minimum atomic E-state index is -0.498. The molecule has 12 heavy (non-hydrogen) atoms. The lowest BCUT2D eigenvalue weighted by molar-refractivity contribution is 0.0352. The van der Waals surface area contributed by atoms with Gasteiger partial charge in [-0.1, -0.05) is 13.8 Å². The number of rotatable bonds is 2. The van der Waals surface area contributed by atoms with E-state index in [2.05, 4.69) is 5.32 Å². The van der Waals surface area contributed by atoms with Gasteiger partial charge in [0.25, 0.3) is 0 Å². The average molecular weight is 175 g/mol. The topological polar surface area (TPSA) is 52.5 Å². The number of hydrogen-bond donors (Lipinski definition) is 3. The van der Waals surface area contributed by atoms with Crippen molar-refractivity contribution in [3.05, 3.63) is 0 Å². The Labute approximate surface area is 74.8 Å². The first kappa shape index (κ1) is 11.9. The van der Waals surface area contributed by atoms with Gasteiger partial charge in [0.15, 0.2) is 0 Å². The Balaban J connectivity index is 0.000000561. The zero-order chi connectivity index (χ0) is 9.40. The number of aliphatic hydroxyl groups excluding tert-OH is 2. The number of nitrogens with one attached hydrogen (secondary N) is 1. The summed E-state index contributed by atoms with van der Waals surface area (Å²) in [6.07, 6.45) is 1.48. The van der Waals surface area contributed by atoms with Crippen molar-refractivity contribution < 1.29 is 10.2 Å². The maximum Gasteiger partial charge on any atom is 0.0799 e. The van der Waals surface area contributed by atoms with E-state index in [1.165, 1.54) is 0 Å². The Morgan fingerprint density at radius 2 is 1.83 bits per heavy atom. The van der Waals surface area contributed by atoms with Crippen molar-refractivity contribution in [2.45, 2.75) is 32.8 Å². The Kier molecular flexibility index (Phi) is 7.45. The molecule has 0 aliphatic carbocycles. The first-order valence-corrected chi connectivity index (χ1v) is 4.84. The highest BCUT2D eigenvalue weighted by Gasteiger charge is 2.19. The van der Waals surface area contributed by atoms with Crippen LogP contribution in [-0.2, 0) is 0 Å². The zero-order valence-corrected chi connectivity index (χ0v) is 8.08. The minimum absolute atomic E-state index is 0.0926. The van der Waals surface area contributed by atoms with Crippen LogP contribution in [0.3, 0.4) is 0 Å². The van der Waals surface area contributed by atoms with Crippen LogP contribution in [-0.4, -0.2) is 36.0 Å². The average Bonchev–Trinajstić information content (AvgIpc) is 2.21. The molecule has 1 rings (SSSR count). The Hall–Kier alpha value is -0.120. The smallest absolute Gasteiger partial charge is 0.0799 e. The van der Waals surface area contributed by atoms with Crippen LogP contribution in [0.2, 0.25) is 0 Å². The van der Waals surface area contributed by atoms with Crippen LogP contribution in [0.15, 0.2) is 0 Å². The lowest BCUT2D eigenvalue weighted by atomic mass is 9.93. The summed E-state index contributed by atoms with van der Waals surface area (Å²) in [5.41, 5.74) is 0. The highest BCUT2D eigenvalue weighted by atomic mass is 16.3. The minimum Gasteiger partial charge on any atom is -0.394 e. The molecule has 0 spiro atoms. The largest absolute Gasteiger partial charge is 0.394 e. The summed E-state index contributed by atoms with van der Waals surface area (Å²) in [5.74, 6) is 0.311. The Bertz CT molecular complexity index is 92.5. The third-order valence-electron chi connectivity index (χ3n) is 2.12. The van der Waals surface area contributed by atoms with E-state index in [9.17, 15) is 5.11 Å². The molecule has 3 N–H and O–H groups in total. The molecule has 1 atom stereocenters. The maximum atomic E-state index is 9.20. The van der Waals surface area contributed by atoms with Crippen molar-refractivity contribution in [3.8, 4) is 0 Å². The molecular weight excluding hydrogens is 154 g/mol. The molecule has 74 valence electrons. The highest BCUT2D eigenvalue weighted by Crippen LogP contribution is 2.15. The van der Waals surface area contributed by atoms with Crippen molar-refractivity contribution in [2.75, 3.05) is 19.7 Å². The third-order valence-corrected chi connectivity index (χ3v) is 2.12. The van der Waals surface area contributed by atoms with Crippen LogP contribution in [0.5, 0.6) is 0 Å². The summed E-state index contributed by atoms with van der Waals surface area (Å²) in [6, 6.07) is 0. The zero-order valence-electron chi connectivity index (χ0n) is 8.08. The second-order valence-electron chi connectivity index (χ2n) is 2.84. The molecule has 0 amide bonds. The van der Waals surface area contributed by atoms with Gasteiger partial charge in [0, 0.05) is 0 Å². The molecule has 0 aromatic heterocycles. The summed E-state index contributed by atoms with van der Waals surface area (Å²) >= 11 is 0. The standard InChI is InChI=1S/C7H15NO2.C2H6/c9-5-7(10)6-1-3-8-4-2-6;1-2/h6-10H,1-5H2;1-2H3. The third kappa shape index (κ3) is 4.04. The fourth-order valence-corrected chi connectivity index (χ4v) is 1.38. The second kappa shape index (κ2) is 7.53. The summed E-state index contributed by atoms with van der Waals surface area (Å²) in [7, 11) is 0. The monoisotopic (exact) mass is 175 g/mol. The van der Waals surface area contributed by atoms with E-state index in [0.29, 0.717) is 5.92 Å². The van der Waals surface area contributed by atoms with Crippen LogP contribution in [0.25, 0.3) is 0 Å². The van der Waals surface area contributed by atoms with Gasteiger partial charge >= 0.3 is 0 Å². The van der Waals surface area contributed by atoms with E-state index in [-0.39, 0.29) is 6.61 Å². The summed E-state index contributed by atoms with van der Waals surface area (Å²) in [6.45, 7) is 5.86. The molecule has 3 nitrogen and oxygen atoms in total. The lowest BCUT2D eigenvalue weighted by Crippen LogP contribution is -2.35. The quantitative estimate of drug-likeness (QED) is 0.568. The number of hydrogen-bond acceptors (Lipinski definition) is 3. The van der Waals surface area contributed by atoms with Gasteiger partial charge in [-0.05, 0) is 31.8 Å². The second-order valence-corrected chi connectivity index (χ2v) is 2.84. The molecule has 1 aliphatic rings. The molecular formula is C9H21NO2. The molecule has 1 aliphatic heterocycles. The van der Waals surface area contributed by atoms with E-state index in [4.69, 9.17) is 5.11 Å². The van der Waals surface area contributed by atoms with Gasteiger partial charge in [-0.3, -0.25) is 0 Å². The van der Waals surface area contributed by atoms with Gasteiger partial charge in [0.1, 0.15) is 0 Å². The van der Waals surface area contributed by atoms with Crippen molar-refractivity contribution in [1.82, 2.24) is 5.32 Å². The normalized spacial score (nSPS) is 21.0. The van der Waals surface area contributed by atoms with Crippen molar-refractivity contribution >= 4 is 0 Å². The molecule has 1 unspecified atom stereocenters. The van der Waals surface area contributed by atoms with Gasteiger partial charge in [-0.25, -0.2) is 0 Å². The van der Waals surface area contributed by atoms with Gasteiger partial charge in [0.2, 0.25) is 0 Å². The molecule has 0 radical (unpaired) electrons. The van der Waals surface area contributed by atoms with Crippen molar-refractivity contribution in [3.63, 3.8) is 0 Å². The molecule has 0 aromatic carbocycles. The fourth-order valence-electron chi connectivity index (χ4n) is 1.38. The first-order chi connectivity index (χ1) is 5.84. The number of aliphatic hydroxyl groups is 2. The molecule has 3 heteroatoms. The summed E-state index contributed by atoms with van der Waals surface area (Å²) in [4.78, 5) is 0. The number of piperidine rings is 1. The highest BCUT2D eigenvalue weighted by molar-refractivity contribution is 4.74. The SMILES string of the molecule is CC.OCC(O)C1CCNCC1. The van der Waals surface area contributed by atoms with E-state index in [1.807, 2.05) is 13.8 Å². The first-order valence-electron chi connectivity index (χ1n) is 4.84. The van der Waals surface area contributed by atoms with Crippen molar-refractivity contribution in [2.24, 2.45) is 5.92 Å². The summed E-state index contributed by atoms with van der Waals surface area (Å²) < 4.78 is 0. The Morgan fingerprint density at radius 3 is 2.25 bits per heavy atom. The predicted octanol–water partition coefficient (Wildman–Crippen LogP) is 0.365.